The van der Waals surface area contributed by atoms with Gasteiger partial charge >= 0.3 is 12.2 Å². The van der Waals surface area contributed by atoms with Gasteiger partial charge < -0.3 is 20.7 Å². The van der Waals surface area contributed by atoms with Crippen molar-refractivity contribution in [2.75, 3.05) is 0 Å². The molecule has 0 aliphatic heterocycles. The van der Waals surface area contributed by atoms with Gasteiger partial charge in [-0.3, -0.25) is 14.6 Å². The Balaban J connectivity index is 2.80. The molecule has 1 rings (SSSR count). The van der Waals surface area contributed by atoms with Crippen LogP contribution >= 0.6 is 0 Å². The van der Waals surface area contributed by atoms with E-state index in [1.165, 1.54) is 12.3 Å². The summed E-state index contributed by atoms with van der Waals surface area (Å²) in [5.74, 6) is -2.10. The van der Waals surface area contributed by atoms with Crippen molar-refractivity contribution in [1.29, 1.82) is 0 Å². The number of carbonyl (C=O) groups is 3. The number of pyridine rings is 1. The van der Waals surface area contributed by atoms with Gasteiger partial charge in [0.15, 0.2) is 6.10 Å². The maximum atomic E-state index is 12.2. The zero-order valence-corrected chi connectivity index (χ0v) is 14.0. The number of amides is 1. The number of Topliss-reactive ketones (excluding diaryl/α,β-unsaturated/α-hetero) is 1. The number of ketones is 1. The topological polar surface area (TPSA) is 142 Å². The van der Waals surface area contributed by atoms with E-state index in [1.54, 1.807) is 26.0 Å². The zero-order valence-electron chi connectivity index (χ0n) is 14.0. The van der Waals surface area contributed by atoms with Gasteiger partial charge in [0.1, 0.15) is 6.04 Å². The van der Waals surface area contributed by atoms with Gasteiger partial charge in [-0.15, -0.1) is 0 Å². The Hall–Kier alpha value is -2.90. The first-order valence-corrected chi connectivity index (χ1v) is 7.65. The molecule has 0 aromatic carbocycles. The van der Waals surface area contributed by atoms with E-state index in [4.69, 9.17) is 10.3 Å². The number of carbonyl (C=O) groups excluding carboxylic acids is 3. The summed E-state index contributed by atoms with van der Waals surface area (Å²) < 4.78 is 5.05. The van der Waals surface area contributed by atoms with Crippen LogP contribution < -0.4 is 5.32 Å². The summed E-state index contributed by atoms with van der Waals surface area (Å²) >= 11 is 0. The summed E-state index contributed by atoms with van der Waals surface area (Å²) in [6.45, 7) is 3.28. The number of aromatic nitrogens is 1. The van der Waals surface area contributed by atoms with Crippen molar-refractivity contribution in [1.82, 2.24) is 10.3 Å². The van der Waals surface area contributed by atoms with Crippen molar-refractivity contribution in [2.45, 2.75) is 44.9 Å². The fraction of sp³-hybridized carbons (Fsp3) is 0.438. The SMILES string of the molecule is CC(C)OC(=O)[C@H](CCC(=O)C=[N+]=[N-])NC(=O)[C@@H](O)c1ccccn1. The largest absolute Gasteiger partial charge is 0.461 e. The van der Waals surface area contributed by atoms with Gasteiger partial charge in [-0.25, -0.2) is 4.79 Å². The molecule has 0 aliphatic rings. The van der Waals surface area contributed by atoms with Crippen LogP contribution in [-0.2, 0) is 19.1 Å². The average Bonchev–Trinajstić information content (AvgIpc) is 2.58. The maximum Gasteiger partial charge on any atom is 0.328 e. The van der Waals surface area contributed by atoms with Gasteiger partial charge in [-0.2, -0.15) is 4.79 Å². The number of esters is 1. The van der Waals surface area contributed by atoms with Gasteiger partial charge in [0, 0.05) is 12.6 Å². The van der Waals surface area contributed by atoms with Crippen LogP contribution in [0.3, 0.4) is 0 Å². The molecule has 0 spiro atoms. The second-order valence-corrected chi connectivity index (χ2v) is 5.45. The Bertz CT molecular complexity index is 656. The predicted molar refractivity (Wildman–Crippen MR) is 86.3 cm³/mol. The molecule has 2 atom stereocenters. The highest BCUT2D eigenvalue weighted by Gasteiger charge is 2.28. The molecule has 1 amide bonds. The van der Waals surface area contributed by atoms with Crippen molar-refractivity contribution >= 4 is 23.9 Å². The van der Waals surface area contributed by atoms with Gasteiger partial charge in [-0.1, -0.05) is 6.07 Å². The number of aliphatic hydroxyl groups is 1. The van der Waals surface area contributed by atoms with Crippen LogP contribution in [0.25, 0.3) is 5.53 Å². The number of aliphatic hydroxyl groups excluding tert-OH is 1. The molecule has 134 valence electrons. The quantitative estimate of drug-likeness (QED) is 0.282. The molecule has 2 N–H and O–H groups in total. The number of hydrogen-bond acceptors (Lipinski definition) is 6. The lowest BCUT2D eigenvalue weighted by atomic mass is 10.1. The standard InChI is InChI=1S/C16H20N4O5/c1-10(2)25-16(24)13(7-6-11(21)9-19-17)20-15(23)14(22)12-5-3-4-8-18-12/h3-5,8-10,13-14,22H,6-7H2,1-2H3,(H,20,23)/t13-,14-/m0/s1. The van der Waals surface area contributed by atoms with E-state index in [2.05, 4.69) is 15.1 Å². The van der Waals surface area contributed by atoms with Crippen molar-refractivity contribution in [3.05, 3.63) is 35.6 Å². The van der Waals surface area contributed by atoms with Crippen molar-refractivity contribution in [3.63, 3.8) is 0 Å². The Morgan fingerprint density at radius 2 is 2.12 bits per heavy atom. The monoisotopic (exact) mass is 348 g/mol. The van der Waals surface area contributed by atoms with E-state index < -0.39 is 35.9 Å². The third kappa shape index (κ3) is 7.03. The lowest BCUT2D eigenvalue weighted by Gasteiger charge is -2.20. The molecule has 0 saturated heterocycles. The lowest BCUT2D eigenvalue weighted by Crippen LogP contribution is -2.45. The molecule has 9 nitrogen and oxygen atoms in total. The molecule has 1 aromatic heterocycles. The summed E-state index contributed by atoms with van der Waals surface area (Å²) in [6, 6.07) is 3.57. The molecule has 25 heavy (non-hydrogen) atoms. The smallest absolute Gasteiger partial charge is 0.328 e. The van der Waals surface area contributed by atoms with E-state index in [0.29, 0.717) is 6.21 Å². The maximum absolute atomic E-state index is 12.2. The second kappa shape index (κ2) is 10.1. The molecule has 1 aromatic rings. The molecule has 0 bridgehead atoms. The Kier molecular flexibility index (Phi) is 8.11. The van der Waals surface area contributed by atoms with Crippen molar-refractivity contribution < 1.29 is 29.0 Å². The molecule has 0 saturated carbocycles. The van der Waals surface area contributed by atoms with Gasteiger partial charge in [-0.05, 0) is 32.4 Å². The summed E-state index contributed by atoms with van der Waals surface area (Å²) in [6.07, 6.45) is -0.0787. The fourth-order valence-electron chi connectivity index (χ4n) is 1.90. The lowest BCUT2D eigenvalue weighted by molar-refractivity contribution is -0.152. The van der Waals surface area contributed by atoms with E-state index in [-0.39, 0.29) is 18.5 Å². The third-order valence-electron chi connectivity index (χ3n) is 3.05. The van der Waals surface area contributed by atoms with E-state index in [0.717, 1.165) is 0 Å². The van der Waals surface area contributed by atoms with Gasteiger partial charge in [0.25, 0.3) is 5.91 Å². The number of rotatable bonds is 9. The number of ether oxygens (including phenoxy) is 1. The molecule has 9 heteroatoms. The minimum Gasteiger partial charge on any atom is -0.461 e. The molecular formula is C16H20N4O5. The minimum absolute atomic E-state index is 0.0723. The first-order valence-electron chi connectivity index (χ1n) is 7.65. The fourth-order valence-corrected chi connectivity index (χ4v) is 1.90. The van der Waals surface area contributed by atoms with Crippen LogP contribution in [0.15, 0.2) is 24.4 Å². The second-order valence-electron chi connectivity index (χ2n) is 5.45. The van der Waals surface area contributed by atoms with Crippen LogP contribution in [0, 0.1) is 0 Å². The number of nitrogens with zero attached hydrogens (tertiary/aromatic N) is 3. The molecule has 0 fully saturated rings. The van der Waals surface area contributed by atoms with Crippen LogP contribution in [0.4, 0.5) is 0 Å². The molecule has 0 unspecified atom stereocenters. The van der Waals surface area contributed by atoms with E-state index >= 15 is 0 Å². The third-order valence-corrected chi connectivity index (χ3v) is 3.05. The zero-order chi connectivity index (χ0) is 18.8. The number of nitrogens with one attached hydrogen (secondary N) is 1. The Morgan fingerprint density at radius 1 is 1.40 bits per heavy atom. The first kappa shape index (κ1) is 20.1. The molecule has 1 heterocycles. The summed E-state index contributed by atoms with van der Waals surface area (Å²) in [5, 5.41) is 12.4. The van der Waals surface area contributed by atoms with E-state index in [1.807, 2.05) is 0 Å². The molecule has 0 radical (unpaired) electrons. The molecule has 0 aliphatic carbocycles. The van der Waals surface area contributed by atoms with Gasteiger partial charge in [0.2, 0.25) is 5.78 Å². The van der Waals surface area contributed by atoms with Crippen LogP contribution in [0.5, 0.6) is 0 Å². The van der Waals surface area contributed by atoms with E-state index in [9.17, 15) is 19.5 Å². The molecular weight excluding hydrogens is 328 g/mol. The minimum atomic E-state index is -1.56. The average molecular weight is 348 g/mol. The Morgan fingerprint density at radius 3 is 2.68 bits per heavy atom. The van der Waals surface area contributed by atoms with Crippen LogP contribution in [0.2, 0.25) is 0 Å². The highest BCUT2D eigenvalue weighted by atomic mass is 16.5. The Labute approximate surface area is 144 Å². The van der Waals surface area contributed by atoms with Crippen LogP contribution in [0.1, 0.15) is 38.5 Å². The van der Waals surface area contributed by atoms with Crippen LogP contribution in [-0.4, -0.2) is 50.9 Å². The summed E-state index contributed by atoms with van der Waals surface area (Å²) in [5.41, 5.74) is 8.45. The first-order chi connectivity index (χ1) is 11.8. The highest BCUT2D eigenvalue weighted by molar-refractivity contribution is 6.25. The highest BCUT2D eigenvalue weighted by Crippen LogP contribution is 2.11. The predicted octanol–water partition coefficient (Wildman–Crippen LogP) is 0.201. The normalized spacial score (nSPS) is 12.6. The van der Waals surface area contributed by atoms with Crippen molar-refractivity contribution in [3.8, 4) is 0 Å². The van der Waals surface area contributed by atoms with Crippen molar-refractivity contribution in [2.24, 2.45) is 0 Å². The summed E-state index contributed by atoms with van der Waals surface area (Å²) in [7, 11) is 0. The summed E-state index contributed by atoms with van der Waals surface area (Å²) in [4.78, 5) is 42.1. The number of hydrogen-bond donors (Lipinski definition) is 2. The van der Waals surface area contributed by atoms with Gasteiger partial charge in [0.05, 0.1) is 11.8 Å².